The fraction of sp³-hybridized carbons (Fsp3) is 1.00. The molecule has 3 fully saturated rings. The maximum atomic E-state index is 3.77. The van der Waals surface area contributed by atoms with Crippen molar-refractivity contribution in [1.82, 2.24) is 5.32 Å². The summed E-state index contributed by atoms with van der Waals surface area (Å²) in [5, 5.41) is 3.77. The lowest BCUT2D eigenvalue weighted by atomic mass is 9.65. The van der Waals surface area contributed by atoms with Crippen LogP contribution in [0.5, 0.6) is 0 Å². The Morgan fingerprint density at radius 3 is 1.84 bits per heavy atom. The molecule has 25 heavy (non-hydrogen) atoms. The van der Waals surface area contributed by atoms with E-state index < -0.39 is 0 Å². The van der Waals surface area contributed by atoms with Gasteiger partial charge in [-0.2, -0.15) is 0 Å². The Morgan fingerprint density at radius 2 is 1.12 bits per heavy atom. The van der Waals surface area contributed by atoms with Gasteiger partial charge in [-0.25, -0.2) is 0 Å². The number of nitrogens with one attached hydrogen (secondary N) is 1. The SMILES string of the molecule is CNC1CCCCCC1C1CCCCCC1C1CCCCC[C@@H](C)C1. The molecule has 0 aliphatic heterocycles. The largest absolute Gasteiger partial charge is 0.317 e. The molecule has 0 aromatic rings. The van der Waals surface area contributed by atoms with Gasteiger partial charge in [0.1, 0.15) is 0 Å². The van der Waals surface area contributed by atoms with Crippen LogP contribution in [0.4, 0.5) is 0 Å². The molecule has 146 valence electrons. The van der Waals surface area contributed by atoms with Gasteiger partial charge in [0.2, 0.25) is 0 Å². The van der Waals surface area contributed by atoms with Crippen molar-refractivity contribution in [3.05, 3.63) is 0 Å². The zero-order chi connectivity index (χ0) is 17.5. The summed E-state index contributed by atoms with van der Waals surface area (Å²) < 4.78 is 0. The van der Waals surface area contributed by atoms with Crippen LogP contribution in [0.15, 0.2) is 0 Å². The van der Waals surface area contributed by atoms with Crippen molar-refractivity contribution < 1.29 is 0 Å². The highest BCUT2D eigenvalue weighted by Gasteiger charge is 2.38. The highest BCUT2D eigenvalue weighted by atomic mass is 14.9. The fourth-order valence-corrected chi connectivity index (χ4v) is 6.91. The van der Waals surface area contributed by atoms with E-state index in [1.54, 1.807) is 19.3 Å². The van der Waals surface area contributed by atoms with Gasteiger partial charge < -0.3 is 5.32 Å². The van der Waals surface area contributed by atoms with Crippen LogP contribution in [0, 0.1) is 29.6 Å². The molecule has 0 heterocycles. The van der Waals surface area contributed by atoms with Crippen molar-refractivity contribution in [2.24, 2.45) is 29.6 Å². The summed E-state index contributed by atoms with van der Waals surface area (Å²) >= 11 is 0. The summed E-state index contributed by atoms with van der Waals surface area (Å²) in [6.45, 7) is 2.55. The zero-order valence-corrected chi connectivity index (χ0v) is 17.3. The van der Waals surface area contributed by atoms with E-state index in [1.165, 1.54) is 83.5 Å². The van der Waals surface area contributed by atoms with Crippen LogP contribution in [0.3, 0.4) is 0 Å². The standard InChI is InChI=1S/C24H45N/c1-19-12-6-3-7-13-20(18-19)21-14-8-4-9-15-22(21)23-16-10-5-11-17-24(23)25-2/h19-25H,3-18H2,1-2H3/t19-,20?,21?,22?,23?,24?/m1/s1. The molecule has 0 radical (unpaired) electrons. The lowest BCUT2D eigenvalue weighted by molar-refractivity contribution is 0.0938. The Balaban J connectivity index is 1.77. The first kappa shape index (κ1) is 19.7. The van der Waals surface area contributed by atoms with Crippen LogP contribution in [-0.2, 0) is 0 Å². The smallest absolute Gasteiger partial charge is 0.00950 e. The van der Waals surface area contributed by atoms with Crippen molar-refractivity contribution >= 4 is 0 Å². The van der Waals surface area contributed by atoms with E-state index in [0.29, 0.717) is 0 Å². The van der Waals surface area contributed by atoms with Crippen LogP contribution in [-0.4, -0.2) is 13.1 Å². The minimum atomic E-state index is 0.805. The number of hydrogen-bond donors (Lipinski definition) is 1. The van der Waals surface area contributed by atoms with Gasteiger partial charge in [0.25, 0.3) is 0 Å². The van der Waals surface area contributed by atoms with Gasteiger partial charge in [-0.1, -0.05) is 77.6 Å². The molecular weight excluding hydrogens is 302 g/mol. The fourth-order valence-electron chi connectivity index (χ4n) is 6.91. The average Bonchev–Trinajstić information content (AvgIpc) is 2.97. The molecule has 3 saturated carbocycles. The van der Waals surface area contributed by atoms with Gasteiger partial charge in [0.05, 0.1) is 0 Å². The van der Waals surface area contributed by atoms with Crippen LogP contribution in [0.2, 0.25) is 0 Å². The second-order valence-corrected chi connectivity index (χ2v) is 9.90. The topological polar surface area (TPSA) is 12.0 Å². The van der Waals surface area contributed by atoms with Gasteiger partial charge in [-0.15, -0.1) is 0 Å². The van der Waals surface area contributed by atoms with Gasteiger partial charge in [-0.3, -0.25) is 0 Å². The van der Waals surface area contributed by atoms with E-state index in [1.807, 2.05) is 0 Å². The summed E-state index contributed by atoms with van der Waals surface area (Å²) in [4.78, 5) is 0. The number of rotatable bonds is 3. The molecule has 1 heteroatoms. The minimum absolute atomic E-state index is 0.805. The molecule has 3 aliphatic carbocycles. The highest BCUT2D eigenvalue weighted by molar-refractivity contribution is 4.91. The van der Waals surface area contributed by atoms with Gasteiger partial charge in [0, 0.05) is 6.04 Å². The highest BCUT2D eigenvalue weighted by Crippen LogP contribution is 2.46. The van der Waals surface area contributed by atoms with Crippen molar-refractivity contribution in [1.29, 1.82) is 0 Å². The van der Waals surface area contributed by atoms with Crippen molar-refractivity contribution in [3.8, 4) is 0 Å². The summed E-state index contributed by atoms with van der Waals surface area (Å²) in [6, 6.07) is 0.805. The van der Waals surface area contributed by atoms with E-state index >= 15 is 0 Å². The Labute approximate surface area is 158 Å². The predicted octanol–water partition coefficient (Wildman–Crippen LogP) is 6.96. The van der Waals surface area contributed by atoms with Crippen LogP contribution in [0.25, 0.3) is 0 Å². The lowest BCUT2D eigenvalue weighted by Crippen LogP contribution is -2.41. The van der Waals surface area contributed by atoms with Gasteiger partial charge >= 0.3 is 0 Å². The third-order valence-corrected chi connectivity index (χ3v) is 8.20. The zero-order valence-electron chi connectivity index (χ0n) is 17.3. The molecule has 5 unspecified atom stereocenters. The predicted molar refractivity (Wildman–Crippen MR) is 110 cm³/mol. The Hall–Kier alpha value is -0.0400. The third-order valence-electron chi connectivity index (χ3n) is 8.20. The summed E-state index contributed by atoms with van der Waals surface area (Å²) in [5.74, 6) is 5.05. The van der Waals surface area contributed by atoms with E-state index in [2.05, 4.69) is 19.3 Å². The van der Waals surface area contributed by atoms with Crippen molar-refractivity contribution in [3.63, 3.8) is 0 Å². The van der Waals surface area contributed by atoms with Crippen LogP contribution >= 0.6 is 0 Å². The first-order valence-corrected chi connectivity index (χ1v) is 12.0. The molecule has 0 aromatic heterocycles. The summed E-state index contributed by atoms with van der Waals surface area (Å²) in [6.07, 6.45) is 24.1. The molecule has 0 saturated heterocycles. The van der Waals surface area contributed by atoms with E-state index in [-0.39, 0.29) is 0 Å². The maximum Gasteiger partial charge on any atom is 0.00950 e. The minimum Gasteiger partial charge on any atom is -0.317 e. The summed E-state index contributed by atoms with van der Waals surface area (Å²) in [5.41, 5.74) is 0. The lowest BCUT2D eigenvalue weighted by Gasteiger charge is -2.41. The molecule has 0 bridgehead atoms. The van der Waals surface area contributed by atoms with Crippen molar-refractivity contribution in [2.45, 2.75) is 116 Å². The van der Waals surface area contributed by atoms with Crippen LogP contribution < -0.4 is 5.32 Å². The number of hydrogen-bond acceptors (Lipinski definition) is 1. The van der Waals surface area contributed by atoms with E-state index in [9.17, 15) is 0 Å². The van der Waals surface area contributed by atoms with Gasteiger partial charge in [0.15, 0.2) is 0 Å². The molecular formula is C24H45N. The van der Waals surface area contributed by atoms with Crippen LogP contribution in [0.1, 0.15) is 110 Å². The molecule has 0 aromatic carbocycles. The molecule has 6 atom stereocenters. The van der Waals surface area contributed by atoms with Crippen molar-refractivity contribution in [2.75, 3.05) is 7.05 Å². The normalized spacial score (nSPS) is 42.0. The monoisotopic (exact) mass is 347 g/mol. The Kier molecular flexibility index (Phi) is 8.15. The molecule has 1 nitrogen and oxygen atoms in total. The maximum absolute atomic E-state index is 3.77. The quantitative estimate of drug-likeness (QED) is 0.544. The Bertz CT molecular complexity index is 365. The molecule has 0 amide bonds. The molecule has 3 aliphatic rings. The second-order valence-electron chi connectivity index (χ2n) is 9.90. The third kappa shape index (κ3) is 5.47. The first-order valence-electron chi connectivity index (χ1n) is 12.0. The second kappa shape index (κ2) is 10.3. The first-order chi connectivity index (χ1) is 12.3. The van der Waals surface area contributed by atoms with Gasteiger partial charge in [-0.05, 0) is 68.7 Å². The molecule has 0 spiro atoms. The molecule has 1 N–H and O–H groups in total. The summed E-state index contributed by atoms with van der Waals surface area (Å²) in [7, 11) is 2.24. The van der Waals surface area contributed by atoms with E-state index in [4.69, 9.17) is 0 Å². The average molecular weight is 348 g/mol. The Morgan fingerprint density at radius 1 is 0.560 bits per heavy atom. The van der Waals surface area contributed by atoms with E-state index in [0.717, 1.165) is 35.6 Å². The molecule has 3 rings (SSSR count).